The minimum atomic E-state index is -0.809. The maximum atomic E-state index is 14.0. The molecule has 0 bridgehead atoms. The van der Waals surface area contributed by atoms with Crippen molar-refractivity contribution in [2.45, 2.75) is 62.4 Å². The van der Waals surface area contributed by atoms with Gasteiger partial charge < -0.3 is 25.2 Å². The molecule has 2 aromatic rings. The molecule has 1 aromatic heterocycles. The number of ether oxygens (including phenoxy) is 1. The lowest BCUT2D eigenvalue weighted by Gasteiger charge is -2.42. The normalized spacial score (nSPS) is 26.6. The number of nitriles is 1. The van der Waals surface area contributed by atoms with Crippen LogP contribution in [-0.2, 0) is 23.1 Å². The molecule has 1 amide bonds. The van der Waals surface area contributed by atoms with E-state index in [1.807, 2.05) is 6.07 Å². The van der Waals surface area contributed by atoms with Crippen LogP contribution in [-0.4, -0.2) is 72.7 Å². The van der Waals surface area contributed by atoms with Gasteiger partial charge in [0.05, 0.1) is 23.6 Å². The number of nitrogens with zero attached hydrogens (tertiary/aromatic N) is 5. The Morgan fingerprint density at radius 2 is 2.13 bits per heavy atom. The highest BCUT2D eigenvalue weighted by Crippen LogP contribution is 2.48. The van der Waals surface area contributed by atoms with Crippen molar-refractivity contribution in [3.8, 4) is 12.1 Å². The number of nitrogens with one attached hydrogen (secondary N) is 2. The fourth-order valence-electron chi connectivity index (χ4n) is 6.65. The average Bonchev–Trinajstić information content (AvgIpc) is 3.33. The van der Waals surface area contributed by atoms with Gasteiger partial charge >= 0.3 is 6.01 Å². The summed E-state index contributed by atoms with van der Waals surface area (Å²) in [5.74, 6) is 0.576. The summed E-state index contributed by atoms with van der Waals surface area (Å²) in [5, 5.41) is 17.0. The van der Waals surface area contributed by atoms with Crippen LogP contribution in [0, 0.1) is 11.3 Å². The Kier molecular flexibility index (Phi) is 7.32. The van der Waals surface area contributed by atoms with Crippen molar-refractivity contribution < 1.29 is 9.53 Å². The fraction of sp³-hybridized carbons (Fsp3) is 0.571. The molecule has 2 N–H and O–H groups in total. The van der Waals surface area contributed by atoms with Gasteiger partial charge in [-0.2, -0.15) is 15.2 Å². The number of rotatable bonds is 5. The maximum absolute atomic E-state index is 14.0. The minimum Gasteiger partial charge on any atom is -0.462 e. The number of likely N-dealkylation sites (N-methyl/N-ethyl adjacent to an activating group) is 1. The number of hydrogen-bond donors (Lipinski definition) is 2. The highest BCUT2D eigenvalue weighted by molar-refractivity contribution is 6.35. The molecule has 11 heteroatoms. The van der Waals surface area contributed by atoms with Gasteiger partial charge in [0.25, 0.3) is 0 Å². The van der Waals surface area contributed by atoms with Crippen LogP contribution in [0.1, 0.15) is 48.9 Å². The number of benzene rings is 1. The van der Waals surface area contributed by atoms with Crippen molar-refractivity contribution in [1.29, 1.82) is 5.26 Å². The molecule has 6 rings (SSSR count). The Bertz CT molecular complexity index is 1330. The van der Waals surface area contributed by atoms with Crippen LogP contribution in [0.25, 0.3) is 0 Å². The number of carbonyl (C=O) groups excluding carboxylic acids is 1. The van der Waals surface area contributed by atoms with Gasteiger partial charge in [-0.3, -0.25) is 4.79 Å². The topological polar surface area (TPSA) is 106 Å². The molecule has 1 unspecified atom stereocenters. The zero-order valence-electron chi connectivity index (χ0n) is 22.1. The van der Waals surface area contributed by atoms with Crippen molar-refractivity contribution in [2.75, 3.05) is 50.1 Å². The summed E-state index contributed by atoms with van der Waals surface area (Å²) in [6, 6.07) is 6.58. The summed E-state index contributed by atoms with van der Waals surface area (Å²) in [6.45, 7) is 3.60. The minimum absolute atomic E-state index is 0.0195. The van der Waals surface area contributed by atoms with Crippen molar-refractivity contribution in [2.24, 2.45) is 0 Å². The van der Waals surface area contributed by atoms with Crippen LogP contribution in [0.2, 0.25) is 10.0 Å². The van der Waals surface area contributed by atoms with Gasteiger partial charge in [0.15, 0.2) is 5.82 Å². The lowest BCUT2D eigenvalue weighted by Crippen LogP contribution is -2.52. The van der Waals surface area contributed by atoms with Crippen molar-refractivity contribution in [3.63, 3.8) is 0 Å². The van der Waals surface area contributed by atoms with Gasteiger partial charge in [0.1, 0.15) is 12.3 Å². The molecule has 1 aliphatic carbocycles. The number of anilines is 2. The van der Waals surface area contributed by atoms with Crippen LogP contribution in [0.15, 0.2) is 12.1 Å². The molecular weight excluding hydrogens is 537 g/mol. The number of aromatic nitrogens is 2. The van der Waals surface area contributed by atoms with Crippen LogP contribution >= 0.6 is 23.2 Å². The van der Waals surface area contributed by atoms with Crippen LogP contribution < -0.4 is 20.3 Å². The number of amides is 1. The molecular formula is C28H33Cl2N7O2. The Balaban J connectivity index is 1.40. The standard InChI is InChI=1S/C28H33Cl2N7O2/c1-36-10-3-4-19(36)16-39-27-33-23-14-28(7-2-5-20-21(28)12-17(29)13-22(20)30)26(38)34-24(23)25(35-27)37-11-9-32-18(15-37)6-8-31/h12-13,18-19,32H,2-7,9-11,14-16H2,1H3,(H,34,38)/t18-,19-,28?/m0/s1. The Morgan fingerprint density at radius 3 is 2.92 bits per heavy atom. The highest BCUT2D eigenvalue weighted by atomic mass is 35.5. The lowest BCUT2D eigenvalue weighted by atomic mass is 9.65. The summed E-state index contributed by atoms with van der Waals surface area (Å²) < 4.78 is 6.23. The number of fused-ring (bicyclic) bond motifs is 3. The third kappa shape index (κ3) is 4.93. The van der Waals surface area contributed by atoms with Gasteiger partial charge in [-0.15, -0.1) is 0 Å². The van der Waals surface area contributed by atoms with Gasteiger partial charge in [-0.05, 0) is 69.0 Å². The molecule has 3 atom stereocenters. The summed E-state index contributed by atoms with van der Waals surface area (Å²) in [5.41, 5.74) is 2.46. The van der Waals surface area contributed by atoms with E-state index in [1.165, 1.54) is 0 Å². The zero-order valence-corrected chi connectivity index (χ0v) is 23.6. The molecule has 0 radical (unpaired) electrons. The van der Waals surface area contributed by atoms with E-state index in [4.69, 9.17) is 37.9 Å². The smallest absolute Gasteiger partial charge is 0.318 e. The van der Waals surface area contributed by atoms with E-state index in [0.717, 1.165) is 55.6 Å². The van der Waals surface area contributed by atoms with E-state index in [0.29, 0.717) is 72.6 Å². The van der Waals surface area contributed by atoms with Crippen LogP contribution in [0.5, 0.6) is 6.01 Å². The number of carbonyl (C=O) groups is 1. The fourth-order valence-corrected chi connectivity index (χ4v) is 7.24. The second-order valence-corrected chi connectivity index (χ2v) is 12.0. The second kappa shape index (κ2) is 10.7. The first-order valence-corrected chi connectivity index (χ1v) is 14.5. The summed E-state index contributed by atoms with van der Waals surface area (Å²) in [7, 11) is 2.12. The summed E-state index contributed by atoms with van der Waals surface area (Å²) in [4.78, 5) is 28.1. The van der Waals surface area contributed by atoms with Gasteiger partial charge in [0, 0.05) is 48.2 Å². The monoisotopic (exact) mass is 569 g/mol. The predicted molar refractivity (Wildman–Crippen MR) is 151 cm³/mol. The molecule has 1 aromatic carbocycles. The summed E-state index contributed by atoms with van der Waals surface area (Å²) >= 11 is 13.0. The van der Waals surface area contributed by atoms with E-state index in [9.17, 15) is 10.1 Å². The lowest BCUT2D eigenvalue weighted by molar-refractivity contribution is -0.122. The third-order valence-corrected chi connectivity index (χ3v) is 9.32. The van der Waals surface area contributed by atoms with E-state index in [1.54, 1.807) is 6.07 Å². The molecule has 0 saturated carbocycles. The Hall–Kier alpha value is -2.64. The Morgan fingerprint density at radius 1 is 1.26 bits per heavy atom. The molecule has 39 heavy (non-hydrogen) atoms. The van der Waals surface area contributed by atoms with Gasteiger partial charge in [-0.25, -0.2) is 0 Å². The quantitative estimate of drug-likeness (QED) is 0.561. The molecule has 3 aliphatic heterocycles. The van der Waals surface area contributed by atoms with E-state index >= 15 is 0 Å². The van der Waals surface area contributed by atoms with E-state index in [-0.39, 0.29) is 11.9 Å². The third-order valence-electron chi connectivity index (χ3n) is 8.76. The van der Waals surface area contributed by atoms with Crippen LogP contribution in [0.3, 0.4) is 0 Å². The zero-order chi connectivity index (χ0) is 27.1. The van der Waals surface area contributed by atoms with Crippen molar-refractivity contribution in [3.05, 3.63) is 39.0 Å². The predicted octanol–water partition coefficient (Wildman–Crippen LogP) is 3.72. The number of hydrogen-bond acceptors (Lipinski definition) is 8. The van der Waals surface area contributed by atoms with Crippen molar-refractivity contribution in [1.82, 2.24) is 20.2 Å². The largest absolute Gasteiger partial charge is 0.462 e. The van der Waals surface area contributed by atoms with E-state index in [2.05, 4.69) is 33.6 Å². The first kappa shape index (κ1) is 26.6. The van der Waals surface area contributed by atoms with E-state index < -0.39 is 5.41 Å². The average molecular weight is 571 g/mol. The van der Waals surface area contributed by atoms with Crippen molar-refractivity contribution >= 4 is 40.6 Å². The molecule has 206 valence electrons. The highest BCUT2D eigenvalue weighted by Gasteiger charge is 2.49. The molecule has 2 saturated heterocycles. The second-order valence-electron chi connectivity index (χ2n) is 11.2. The molecule has 4 aliphatic rings. The number of piperazine rings is 1. The molecule has 9 nitrogen and oxygen atoms in total. The van der Waals surface area contributed by atoms with Gasteiger partial charge in [-0.1, -0.05) is 23.2 Å². The summed E-state index contributed by atoms with van der Waals surface area (Å²) in [6.07, 6.45) is 5.39. The Labute approximate surface area is 238 Å². The first-order valence-electron chi connectivity index (χ1n) is 13.8. The SMILES string of the molecule is CN1CCC[C@H]1COc1nc2c(c(N3CCN[C@@H](CC#N)C3)n1)NC(=O)C1(CCCc3c(Cl)cc(Cl)cc31)C2. The molecule has 4 heterocycles. The molecule has 1 spiro atoms. The number of halogens is 2. The van der Waals surface area contributed by atoms with Crippen LogP contribution in [0.4, 0.5) is 11.5 Å². The molecule has 2 fully saturated rings. The van der Waals surface area contributed by atoms with Gasteiger partial charge in [0.2, 0.25) is 5.91 Å². The first-order chi connectivity index (χ1) is 18.9. The number of likely N-dealkylation sites (tertiary alicyclic amines) is 1. The maximum Gasteiger partial charge on any atom is 0.318 e.